The fourth-order valence-electron chi connectivity index (χ4n) is 2.69. The first-order valence-electron chi connectivity index (χ1n) is 7.50. The summed E-state index contributed by atoms with van der Waals surface area (Å²) in [5.74, 6) is 0.759. The van der Waals surface area contributed by atoms with Gasteiger partial charge in [0, 0.05) is 5.54 Å². The number of rotatable bonds is 8. The summed E-state index contributed by atoms with van der Waals surface area (Å²) in [6.07, 6.45) is 7.30. The van der Waals surface area contributed by atoms with Crippen molar-refractivity contribution in [2.24, 2.45) is 11.7 Å². The molecule has 2 atom stereocenters. The predicted molar refractivity (Wildman–Crippen MR) is 80.5 cm³/mol. The molecular weight excluding hydrogens is 218 g/mol. The highest BCUT2D eigenvalue weighted by Gasteiger charge is 2.27. The van der Waals surface area contributed by atoms with Gasteiger partial charge in [-0.25, -0.2) is 0 Å². The zero-order chi connectivity index (χ0) is 13.4. The Balaban J connectivity index is 2.75. The molecule has 18 heavy (non-hydrogen) atoms. The molecule has 0 aliphatic rings. The topological polar surface area (TPSA) is 26.0 Å². The smallest absolute Gasteiger partial charge is 0.0409 e. The van der Waals surface area contributed by atoms with E-state index in [1.165, 1.54) is 31.2 Å². The maximum atomic E-state index is 6.67. The second-order valence-corrected chi connectivity index (χ2v) is 5.50. The molecule has 0 aromatic heterocycles. The third-order valence-electron chi connectivity index (χ3n) is 4.18. The van der Waals surface area contributed by atoms with E-state index in [0.717, 1.165) is 18.8 Å². The summed E-state index contributed by atoms with van der Waals surface area (Å²) in [4.78, 5) is 0. The minimum absolute atomic E-state index is 0.143. The second-order valence-electron chi connectivity index (χ2n) is 5.50. The van der Waals surface area contributed by atoms with E-state index in [9.17, 15) is 0 Å². The van der Waals surface area contributed by atoms with Gasteiger partial charge in [0.05, 0.1) is 0 Å². The van der Waals surface area contributed by atoms with Crippen LogP contribution in [0.25, 0.3) is 0 Å². The number of unbranched alkanes of at least 4 members (excludes halogenated alkanes) is 1. The van der Waals surface area contributed by atoms with Gasteiger partial charge in [0.1, 0.15) is 0 Å². The number of nitrogens with two attached hydrogens (primary N) is 1. The Bertz CT molecular complexity index is 320. The lowest BCUT2D eigenvalue weighted by atomic mass is 9.78. The van der Waals surface area contributed by atoms with Gasteiger partial charge >= 0.3 is 0 Å². The molecule has 0 spiro atoms. The molecule has 1 heteroatoms. The van der Waals surface area contributed by atoms with Crippen molar-refractivity contribution in [2.75, 3.05) is 0 Å². The average molecular weight is 247 g/mol. The SMILES string of the molecule is CCCCC(CC)CC(N)(CC)c1ccccc1. The minimum Gasteiger partial charge on any atom is -0.321 e. The van der Waals surface area contributed by atoms with Crippen LogP contribution in [0.5, 0.6) is 0 Å². The van der Waals surface area contributed by atoms with Gasteiger partial charge in [0.25, 0.3) is 0 Å². The van der Waals surface area contributed by atoms with Crippen molar-refractivity contribution in [1.82, 2.24) is 0 Å². The van der Waals surface area contributed by atoms with Gasteiger partial charge in [0.2, 0.25) is 0 Å². The lowest BCUT2D eigenvalue weighted by molar-refractivity contribution is 0.288. The molecule has 0 radical (unpaired) electrons. The Labute approximate surface area is 113 Å². The monoisotopic (exact) mass is 247 g/mol. The standard InChI is InChI=1S/C17H29N/c1-4-7-11-15(5-2)14-17(18,6-3)16-12-9-8-10-13-16/h8-10,12-13,15H,4-7,11,14,18H2,1-3H3. The van der Waals surface area contributed by atoms with E-state index in [1.54, 1.807) is 0 Å². The molecule has 0 saturated carbocycles. The van der Waals surface area contributed by atoms with Crippen LogP contribution in [0.4, 0.5) is 0 Å². The van der Waals surface area contributed by atoms with Crippen molar-refractivity contribution in [3.63, 3.8) is 0 Å². The summed E-state index contributed by atoms with van der Waals surface area (Å²) in [6.45, 7) is 6.76. The van der Waals surface area contributed by atoms with Crippen LogP contribution in [0, 0.1) is 5.92 Å². The van der Waals surface area contributed by atoms with Crippen molar-refractivity contribution in [2.45, 2.75) is 64.8 Å². The molecule has 0 fully saturated rings. The van der Waals surface area contributed by atoms with Crippen LogP contribution < -0.4 is 5.73 Å². The zero-order valence-corrected chi connectivity index (χ0v) is 12.3. The van der Waals surface area contributed by atoms with Gasteiger partial charge in [-0.2, -0.15) is 0 Å². The third-order valence-corrected chi connectivity index (χ3v) is 4.18. The number of benzene rings is 1. The molecule has 0 saturated heterocycles. The summed E-state index contributed by atoms with van der Waals surface area (Å²) in [5, 5.41) is 0. The van der Waals surface area contributed by atoms with E-state index in [2.05, 4.69) is 51.1 Å². The van der Waals surface area contributed by atoms with E-state index in [-0.39, 0.29) is 5.54 Å². The molecule has 0 bridgehead atoms. The lowest BCUT2D eigenvalue weighted by Gasteiger charge is -2.33. The molecule has 2 unspecified atom stereocenters. The predicted octanol–water partition coefficient (Wildman–Crippen LogP) is 4.86. The minimum atomic E-state index is -0.143. The van der Waals surface area contributed by atoms with Crippen LogP contribution >= 0.6 is 0 Å². The van der Waals surface area contributed by atoms with Gasteiger partial charge in [0.15, 0.2) is 0 Å². The summed E-state index contributed by atoms with van der Waals surface area (Å²) in [7, 11) is 0. The molecule has 2 N–H and O–H groups in total. The van der Waals surface area contributed by atoms with Crippen molar-refractivity contribution in [1.29, 1.82) is 0 Å². The van der Waals surface area contributed by atoms with E-state index < -0.39 is 0 Å². The maximum absolute atomic E-state index is 6.67. The van der Waals surface area contributed by atoms with Gasteiger partial charge in [-0.15, -0.1) is 0 Å². The van der Waals surface area contributed by atoms with Crippen LogP contribution in [0.15, 0.2) is 30.3 Å². The zero-order valence-electron chi connectivity index (χ0n) is 12.3. The molecular formula is C17H29N. The lowest BCUT2D eigenvalue weighted by Crippen LogP contribution is -2.38. The van der Waals surface area contributed by atoms with Crippen molar-refractivity contribution >= 4 is 0 Å². The van der Waals surface area contributed by atoms with E-state index in [1.807, 2.05) is 0 Å². The van der Waals surface area contributed by atoms with Gasteiger partial charge in [-0.3, -0.25) is 0 Å². The first-order chi connectivity index (χ1) is 8.66. The molecule has 102 valence electrons. The van der Waals surface area contributed by atoms with Crippen LogP contribution in [-0.2, 0) is 5.54 Å². The highest BCUT2D eigenvalue weighted by Crippen LogP contribution is 2.32. The number of hydrogen-bond donors (Lipinski definition) is 1. The Morgan fingerprint density at radius 3 is 2.28 bits per heavy atom. The summed E-state index contributed by atoms with van der Waals surface area (Å²) in [5.41, 5.74) is 7.82. The Hall–Kier alpha value is -0.820. The average Bonchev–Trinajstić information content (AvgIpc) is 2.44. The highest BCUT2D eigenvalue weighted by molar-refractivity contribution is 5.23. The fourth-order valence-corrected chi connectivity index (χ4v) is 2.69. The summed E-state index contributed by atoms with van der Waals surface area (Å²) >= 11 is 0. The molecule has 0 heterocycles. The highest BCUT2D eigenvalue weighted by atomic mass is 14.7. The van der Waals surface area contributed by atoms with Crippen LogP contribution in [0.2, 0.25) is 0 Å². The van der Waals surface area contributed by atoms with Crippen molar-refractivity contribution < 1.29 is 0 Å². The van der Waals surface area contributed by atoms with E-state index in [0.29, 0.717) is 0 Å². The molecule has 0 aliphatic carbocycles. The van der Waals surface area contributed by atoms with Crippen molar-refractivity contribution in [3.05, 3.63) is 35.9 Å². The maximum Gasteiger partial charge on any atom is 0.0409 e. The summed E-state index contributed by atoms with van der Waals surface area (Å²) in [6, 6.07) is 10.6. The molecule has 1 aromatic rings. The first kappa shape index (κ1) is 15.2. The Morgan fingerprint density at radius 2 is 1.78 bits per heavy atom. The van der Waals surface area contributed by atoms with Crippen LogP contribution in [-0.4, -0.2) is 0 Å². The fraction of sp³-hybridized carbons (Fsp3) is 0.647. The summed E-state index contributed by atoms with van der Waals surface area (Å²) < 4.78 is 0. The molecule has 1 aromatic carbocycles. The Kier molecular flexibility index (Phi) is 6.42. The number of hydrogen-bond acceptors (Lipinski definition) is 1. The molecule has 1 nitrogen and oxygen atoms in total. The van der Waals surface area contributed by atoms with Crippen molar-refractivity contribution in [3.8, 4) is 0 Å². The van der Waals surface area contributed by atoms with Gasteiger partial charge < -0.3 is 5.73 Å². The largest absolute Gasteiger partial charge is 0.321 e. The first-order valence-corrected chi connectivity index (χ1v) is 7.50. The van der Waals surface area contributed by atoms with Crippen LogP contribution in [0.3, 0.4) is 0 Å². The third kappa shape index (κ3) is 4.13. The van der Waals surface area contributed by atoms with Gasteiger partial charge in [-0.1, -0.05) is 76.8 Å². The second kappa shape index (κ2) is 7.58. The normalized spacial score (nSPS) is 16.2. The van der Waals surface area contributed by atoms with E-state index in [4.69, 9.17) is 5.73 Å². The van der Waals surface area contributed by atoms with E-state index >= 15 is 0 Å². The van der Waals surface area contributed by atoms with Crippen LogP contribution in [0.1, 0.15) is 64.9 Å². The Morgan fingerprint density at radius 1 is 1.11 bits per heavy atom. The van der Waals surface area contributed by atoms with Gasteiger partial charge in [-0.05, 0) is 24.3 Å². The molecule has 1 rings (SSSR count). The molecule has 0 aliphatic heterocycles. The molecule has 0 amide bonds. The quantitative estimate of drug-likeness (QED) is 0.697.